The Morgan fingerprint density at radius 1 is 1.50 bits per heavy atom. The van der Waals surface area contributed by atoms with Crippen LogP contribution in [-0.2, 0) is 6.42 Å². The minimum absolute atomic E-state index is 0.553. The van der Waals surface area contributed by atoms with Gasteiger partial charge in [-0.15, -0.1) is 0 Å². The van der Waals surface area contributed by atoms with E-state index >= 15 is 0 Å². The van der Waals surface area contributed by atoms with Gasteiger partial charge in [-0.1, -0.05) is 23.7 Å². The molecule has 0 saturated heterocycles. The standard InChI is InChI=1S/C10H12ClN/c1-7-5-6-8-3-2-4-9(11)10(8)12-7/h2-4,7,12H,5-6H2,1H3/t7-/m0/s1. The lowest BCUT2D eigenvalue weighted by atomic mass is 9.99. The van der Waals surface area contributed by atoms with Gasteiger partial charge in [0, 0.05) is 6.04 Å². The number of benzene rings is 1. The van der Waals surface area contributed by atoms with E-state index in [9.17, 15) is 0 Å². The van der Waals surface area contributed by atoms with Crippen LogP contribution in [-0.4, -0.2) is 6.04 Å². The highest BCUT2D eigenvalue weighted by atomic mass is 35.5. The van der Waals surface area contributed by atoms with Crippen LogP contribution in [0.1, 0.15) is 18.9 Å². The van der Waals surface area contributed by atoms with E-state index in [0.29, 0.717) is 6.04 Å². The fourth-order valence-electron chi connectivity index (χ4n) is 1.63. The molecule has 0 aliphatic carbocycles. The first-order valence-corrected chi connectivity index (χ1v) is 4.69. The maximum atomic E-state index is 6.04. The van der Waals surface area contributed by atoms with Gasteiger partial charge in [0.2, 0.25) is 0 Å². The number of aryl methyl sites for hydroxylation is 1. The van der Waals surface area contributed by atoms with Crippen LogP contribution in [0, 0.1) is 0 Å². The summed E-state index contributed by atoms with van der Waals surface area (Å²) < 4.78 is 0. The average Bonchev–Trinajstić information content (AvgIpc) is 2.07. The van der Waals surface area contributed by atoms with E-state index < -0.39 is 0 Å². The molecule has 0 radical (unpaired) electrons. The fraction of sp³-hybridized carbons (Fsp3) is 0.400. The average molecular weight is 182 g/mol. The third-order valence-electron chi connectivity index (χ3n) is 2.34. The third kappa shape index (κ3) is 1.29. The molecular formula is C10H12ClN. The first kappa shape index (κ1) is 7.93. The van der Waals surface area contributed by atoms with Crippen molar-refractivity contribution in [2.45, 2.75) is 25.8 Å². The Morgan fingerprint density at radius 3 is 3.17 bits per heavy atom. The van der Waals surface area contributed by atoms with Crippen molar-refractivity contribution in [3.05, 3.63) is 28.8 Å². The summed E-state index contributed by atoms with van der Waals surface area (Å²) in [6.45, 7) is 2.19. The van der Waals surface area contributed by atoms with Crippen molar-refractivity contribution >= 4 is 17.3 Å². The van der Waals surface area contributed by atoms with Crippen molar-refractivity contribution in [3.8, 4) is 0 Å². The quantitative estimate of drug-likeness (QED) is 0.649. The second-order valence-electron chi connectivity index (χ2n) is 3.36. The highest BCUT2D eigenvalue weighted by molar-refractivity contribution is 6.33. The lowest BCUT2D eigenvalue weighted by Gasteiger charge is -2.24. The van der Waals surface area contributed by atoms with Crippen LogP contribution in [0.4, 0.5) is 5.69 Å². The summed E-state index contributed by atoms with van der Waals surface area (Å²) in [6.07, 6.45) is 2.34. The number of rotatable bonds is 0. The minimum atomic E-state index is 0.553. The number of hydrogen-bond acceptors (Lipinski definition) is 1. The van der Waals surface area contributed by atoms with Crippen molar-refractivity contribution in [1.29, 1.82) is 0 Å². The molecule has 1 aliphatic heterocycles. The molecule has 0 aromatic heterocycles. The Bertz CT molecular complexity index is 296. The Hall–Kier alpha value is -0.690. The topological polar surface area (TPSA) is 12.0 Å². The molecule has 1 N–H and O–H groups in total. The molecule has 0 amide bonds. The summed E-state index contributed by atoms with van der Waals surface area (Å²) in [5.41, 5.74) is 2.48. The molecule has 1 aromatic carbocycles. The second-order valence-corrected chi connectivity index (χ2v) is 3.77. The van der Waals surface area contributed by atoms with Crippen molar-refractivity contribution in [3.63, 3.8) is 0 Å². The van der Waals surface area contributed by atoms with E-state index in [1.54, 1.807) is 0 Å². The minimum Gasteiger partial charge on any atom is -0.381 e. The lowest BCUT2D eigenvalue weighted by Crippen LogP contribution is -2.21. The van der Waals surface area contributed by atoms with E-state index in [1.807, 2.05) is 12.1 Å². The van der Waals surface area contributed by atoms with Crippen LogP contribution in [0.25, 0.3) is 0 Å². The molecule has 12 heavy (non-hydrogen) atoms. The van der Waals surface area contributed by atoms with Gasteiger partial charge in [-0.05, 0) is 31.4 Å². The van der Waals surface area contributed by atoms with Crippen LogP contribution in [0.2, 0.25) is 5.02 Å². The summed E-state index contributed by atoms with van der Waals surface area (Å²) in [5, 5.41) is 4.24. The van der Waals surface area contributed by atoms with Crippen LogP contribution < -0.4 is 5.32 Å². The van der Waals surface area contributed by atoms with Crippen molar-refractivity contribution in [1.82, 2.24) is 0 Å². The van der Waals surface area contributed by atoms with Crippen molar-refractivity contribution in [2.24, 2.45) is 0 Å². The van der Waals surface area contributed by atoms with Crippen LogP contribution >= 0.6 is 11.6 Å². The molecule has 1 heterocycles. The first-order valence-electron chi connectivity index (χ1n) is 4.31. The molecule has 0 unspecified atom stereocenters. The molecule has 0 fully saturated rings. The molecular weight excluding hydrogens is 170 g/mol. The second kappa shape index (κ2) is 2.98. The zero-order valence-corrected chi connectivity index (χ0v) is 7.86. The van der Waals surface area contributed by atoms with E-state index in [-0.39, 0.29) is 0 Å². The molecule has 64 valence electrons. The van der Waals surface area contributed by atoms with Crippen LogP contribution in [0.5, 0.6) is 0 Å². The first-order chi connectivity index (χ1) is 5.77. The smallest absolute Gasteiger partial charge is 0.0640 e. The summed E-state index contributed by atoms with van der Waals surface area (Å²) in [6, 6.07) is 6.64. The van der Waals surface area contributed by atoms with Crippen molar-refractivity contribution < 1.29 is 0 Å². The van der Waals surface area contributed by atoms with Crippen LogP contribution in [0.3, 0.4) is 0 Å². The lowest BCUT2D eigenvalue weighted by molar-refractivity contribution is 0.681. The van der Waals surface area contributed by atoms with E-state index in [0.717, 1.165) is 17.1 Å². The van der Waals surface area contributed by atoms with Gasteiger partial charge in [0.15, 0.2) is 0 Å². The predicted molar refractivity (Wildman–Crippen MR) is 52.9 cm³/mol. The molecule has 1 atom stereocenters. The van der Waals surface area contributed by atoms with E-state index in [2.05, 4.69) is 18.3 Å². The molecule has 0 bridgehead atoms. The number of para-hydroxylation sites is 1. The maximum absolute atomic E-state index is 6.04. The molecule has 2 rings (SSSR count). The van der Waals surface area contributed by atoms with Gasteiger partial charge < -0.3 is 5.32 Å². The number of fused-ring (bicyclic) bond motifs is 1. The number of anilines is 1. The Kier molecular flexibility index (Phi) is 1.97. The summed E-state index contributed by atoms with van der Waals surface area (Å²) in [4.78, 5) is 0. The molecule has 1 nitrogen and oxygen atoms in total. The largest absolute Gasteiger partial charge is 0.381 e. The number of halogens is 1. The summed E-state index contributed by atoms with van der Waals surface area (Å²) in [7, 11) is 0. The number of hydrogen-bond donors (Lipinski definition) is 1. The SMILES string of the molecule is C[C@H]1CCc2cccc(Cl)c2N1. The Morgan fingerprint density at radius 2 is 2.33 bits per heavy atom. The highest BCUT2D eigenvalue weighted by Gasteiger charge is 2.15. The van der Waals surface area contributed by atoms with Gasteiger partial charge in [0.25, 0.3) is 0 Å². The van der Waals surface area contributed by atoms with Gasteiger partial charge in [-0.3, -0.25) is 0 Å². The molecule has 0 spiro atoms. The van der Waals surface area contributed by atoms with E-state index in [4.69, 9.17) is 11.6 Å². The summed E-state index contributed by atoms with van der Waals surface area (Å²) in [5.74, 6) is 0. The van der Waals surface area contributed by atoms with Gasteiger partial charge in [-0.25, -0.2) is 0 Å². The monoisotopic (exact) mass is 181 g/mol. The molecule has 2 heteroatoms. The van der Waals surface area contributed by atoms with Crippen molar-refractivity contribution in [2.75, 3.05) is 5.32 Å². The maximum Gasteiger partial charge on any atom is 0.0640 e. The molecule has 1 aromatic rings. The third-order valence-corrected chi connectivity index (χ3v) is 2.65. The Labute approximate surface area is 77.7 Å². The van der Waals surface area contributed by atoms with E-state index in [1.165, 1.54) is 12.0 Å². The van der Waals surface area contributed by atoms with Gasteiger partial charge >= 0.3 is 0 Å². The number of nitrogens with one attached hydrogen (secondary N) is 1. The van der Waals surface area contributed by atoms with Crippen LogP contribution in [0.15, 0.2) is 18.2 Å². The molecule has 0 saturated carbocycles. The zero-order chi connectivity index (χ0) is 8.55. The van der Waals surface area contributed by atoms with Gasteiger partial charge in [0.05, 0.1) is 10.7 Å². The van der Waals surface area contributed by atoms with Gasteiger partial charge in [-0.2, -0.15) is 0 Å². The predicted octanol–water partition coefficient (Wildman–Crippen LogP) is 3.09. The highest BCUT2D eigenvalue weighted by Crippen LogP contribution is 2.31. The normalized spacial score (nSPS) is 21.3. The Balaban J connectivity index is 2.43. The van der Waals surface area contributed by atoms with Gasteiger partial charge in [0.1, 0.15) is 0 Å². The zero-order valence-electron chi connectivity index (χ0n) is 7.10. The molecule has 1 aliphatic rings. The fourth-order valence-corrected chi connectivity index (χ4v) is 1.88. The summed E-state index contributed by atoms with van der Waals surface area (Å²) >= 11 is 6.04.